The molecule has 2 N–H and O–H groups in total. The Morgan fingerprint density at radius 1 is 0.921 bits per heavy atom. The van der Waals surface area contributed by atoms with Crippen molar-refractivity contribution in [3.63, 3.8) is 0 Å². The molecule has 1 atom stereocenters. The number of rotatable bonds is 7. The standard InChI is InChI=1S/C30H22F2N2O4/c1-38-26-16-18-7-3-2-6-17(18)14-22(26)21-12-11-19(20-8-5-13-33-28(20)21)15-25(30(36)37)34-29(35)27-23(31)9-4-10-24(27)32/h2-14,16,25H,15H2,1H3,(H,34,35)(H,36,37)/t25-/m0/s1. The summed E-state index contributed by atoms with van der Waals surface area (Å²) in [4.78, 5) is 29.2. The molecule has 5 aromatic rings. The number of pyridine rings is 1. The van der Waals surface area contributed by atoms with E-state index < -0.39 is 35.1 Å². The van der Waals surface area contributed by atoms with E-state index >= 15 is 0 Å². The van der Waals surface area contributed by atoms with Gasteiger partial charge in [0.25, 0.3) is 5.91 Å². The second kappa shape index (κ2) is 10.3. The second-order valence-electron chi connectivity index (χ2n) is 8.74. The number of fused-ring (bicyclic) bond motifs is 2. The smallest absolute Gasteiger partial charge is 0.326 e. The van der Waals surface area contributed by atoms with Crippen LogP contribution in [0, 0.1) is 11.6 Å². The highest BCUT2D eigenvalue weighted by molar-refractivity contribution is 6.01. The van der Waals surface area contributed by atoms with E-state index in [0.29, 0.717) is 22.2 Å². The van der Waals surface area contributed by atoms with Crippen molar-refractivity contribution < 1.29 is 28.2 Å². The van der Waals surface area contributed by atoms with Crippen LogP contribution in [-0.2, 0) is 11.2 Å². The molecule has 1 amide bonds. The number of carbonyl (C=O) groups is 2. The summed E-state index contributed by atoms with van der Waals surface area (Å²) in [5, 5.41) is 14.8. The Bertz CT molecular complexity index is 1680. The molecule has 0 saturated carbocycles. The monoisotopic (exact) mass is 512 g/mol. The lowest BCUT2D eigenvalue weighted by atomic mass is 9.93. The highest BCUT2D eigenvalue weighted by Crippen LogP contribution is 2.38. The highest BCUT2D eigenvalue weighted by atomic mass is 19.1. The first kappa shape index (κ1) is 24.8. The number of hydrogen-bond acceptors (Lipinski definition) is 4. The fourth-order valence-electron chi connectivity index (χ4n) is 4.59. The van der Waals surface area contributed by atoms with Crippen molar-refractivity contribution in [2.24, 2.45) is 0 Å². The van der Waals surface area contributed by atoms with E-state index in [4.69, 9.17) is 4.74 Å². The van der Waals surface area contributed by atoms with Crippen LogP contribution in [0.4, 0.5) is 8.78 Å². The normalized spacial score (nSPS) is 11.9. The summed E-state index contributed by atoms with van der Waals surface area (Å²) >= 11 is 0. The third kappa shape index (κ3) is 4.64. The van der Waals surface area contributed by atoms with Gasteiger partial charge in [-0.05, 0) is 46.7 Å². The van der Waals surface area contributed by atoms with Crippen LogP contribution in [0.25, 0.3) is 32.8 Å². The van der Waals surface area contributed by atoms with Crippen molar-refractivity contribution in [3.05, 3.63) is 108 Å². The lowest BCUT2D eigenvalue weighted by Crippen LogP contribution is -2.43. The van der Waals surface area contributed by atoms with Crippen LogP contribution in [0.5, 0.6) is 5.75 Å². The number of carboxylic acids is 1. The number of benzene rings is 4. The Kier molecular flexibility index (Phi) is 6.70. The molecular weight excluding hydrogens is 490 g/mol. The number of aliphatic carboxylic acids is 1. The van der Waals surface area contributed by atoms with Crippen LogP contribution in [0.15, 0.2) is 85.1 Å². The second-order valence-corrected chi connectivity index (χ2v) is 8.74. The summed E-state index contributed by atoms with van der Waals surface area (Å²) in [5.41, 5.74) is 1.99. The van der Waals surface area contributed by atoms with Gasteiger partial charge in [-0.15, -0.1) is 0 Å². The van der Waals surface area contributed by atoms with Crippen LogP contribution in [0.2, 0.25) is 0 Å². The molecule has 190 valence electrons. The molecule has 1 heterocycles. The minimum absolute atomic E-state index is 0.130. The lowest BCUT2D eigenvalue weighted by molar-refractivity contribution is -0.139. The molecular formula is C30H22F2N2O4. The topological polar surface area (TPSA) is 88.5 Å². The Labute approximate surface area is 216 Å². The fourth-order valence-corrected chi connectivity index (χ4v) is 4.59. The number of carbonyl (C=O) groups excluding carboxylic acids is 1. The lowest BCUT2D eigenvalue weighted by Gasteiger charge is -2.18. The predicted molar refractivity (Wildman–Crippen MR) is 140 cm³/mol. The molecule has 0 aliphatic carbocycles. The zero-order valence-corrected chi connectivity index (χ0v) is 20.2. The summed E-state index contributed by atoms with van der Waals surface area (Å²) in [6, 6.07) is 20.6. The Hall–Kier alpha value is -4.85. The van der Waals surface area contributed by atoms with Gasteiger partial charge in [-0.1, -0.05) is 48.5 Å². The average Bonchev–Trinajstić information content (AvgIpc) is 2.92. The van der Waals surface area contributed by atoms with E-state index in [9.17, 15) is 23.5 Å². The zero-order valence-electron chi connectivity index (χ0n) is 20.2. The molecule has 0 unspecified atom stereocenters. The number of nitrogens with one attached hydrogen (secondary N) is 1. The first-order valence-electron chi connectivity index (χ1n) is 11.8. The van der Waals surface area contributed by atoms with Gasteiger partial charge in [0, 0.05) is 29.1 Å². The quantitative estimate of drug-likeness (QED) is 0.289. The molecule has 0 saturated heterocycles. The van der Waals surface area contributed by atoms with Crippen molar-refractivity contribution in [2.45, 2.75) is 12.5 Å². The van der Waals surface area contributed by atoms with E-state index in [-0.39, 0.29) is 6.42 Å². The Morgan fingerprint density at radius 3 is 2.32 bits per heavy atom. The average molecular weight is 513 g/mol. The molecule has 6 nitrogen and oxygen atoms in total. The van der Waals surface area contributed by atoms with Gasteiger partial charge in [0.1, 0.15) is 29.0 Å². The van der Waals surface area contributed by atoms with Crippen molar-refractivity contribution in [3.8, 4) is 16.9 Å². The van der Waals surface area contributed by atoms with Crippen LogP contribution in [0.1, 0.15) is 15.9 Å². The molecule has 8 heteroatoms. The number of methoxy groups -OCH3 is 1. The zero-order chi connectivity index (χ0) is 26.8. The molecule has 0 aliphatic rings. The van der Waals surface area contributed by atoms with Gasteiger partial charge in [-0.3, -0.25) is 9.78 Å². The first-order chi connectivity index (χ1) is 18.4. The van der Waals surface area contributed by atoms with Gasteiger partial charge in [-0.25, -0.2) is 13.6 Å². The third-order valence-corrected chi connectivity index (χ3v) is 6.44. The third-order valence-electron chi connectivity index (χ3n) is 6.44. The minimum Gasteiger partial charge on any atom is -0.496 e. The van der Waals surface area contributed by atoms with E-state index in [1.807, 2.05) is 48.5 Å². The van der Waals surface area contributed by atoms with Gasteiger partial charge < -0.3 is 15.2 Å². The maximum atomic E-state index is 14.1. The van der Waals surface area contributed by atoms with Gasteiger partial charge in [0.15, 0.2) is 0 Å². The number of ether oxygens (including phenoxy) is 1. The van der Waals surface area contributed by atoms with Crippen LogP contribution >= 0.6 is 0 Å². The molecule has 0 spiro atoms. The van der Waals surface area contributed by atoms with Gasteiger partial charge in [0.05, 0.1) is 12.6 Å². The molecule has 5 rings (SSSR count). The van der Waals surface area contributed by atoms with Gasteiger partial charge >= 0.3 is 5.97 Å². The number of amides is 1. The predicted octanol–water partition coefficient (Wildman–Crippen LogP) is 5.77. The number of halogens is 2. The molecule has 38 heavy (non-hydrogen) atoms. The fraction of sp³-hybridized carbons (Fsp3) is 0.100. The summed E-state index contributed by atoms with van der Waals surface area (Å²) < 4.78 is 33.8. The molecule has 0 radical (unpaired) electrons. The van der Waals surface area contributed by atoms with Crippen LogP contribution in [-0.4, -0.2) is 35.1 Å². The van der Waals surface area contributed by atoms with Crippen molar-refractivity contribution in [1.82, 2.24) is 10.3 Å². The minimum atomic E-state index is -1.44. The van der Waals surface area contributed by atoms with E-state index in [0.717, 1.165) is 40.1 Å². The van der Waals surface area contributed by atoms with Crippen LogP contribution < -0.4 is 10.1 Å². The summed E-state index contributed by atoms with van der Waals surface area (Å²) in [6.07, 6.45) is 1.51. The molecule has 1 aromatic heterocycles. The SMILES string of the molecule is COc1cc2ccccc2cc1-c1ccc(C[C@H](NC(=O)c2c(F)cccc2F)C(=O)O)c2cccnc12. The number of carboxylic acid groups (broad SMARTS) is 1. The highest BCUT2D eigenvalue weighted by Gasteiger charge is 2.26. The van der Waals surface area contributed by atoms with E-state index in [1.165, 1.54) is 0 Å². The van der Waals surface area contributed by atoms with Gasteiger partial charge in [-0.2, -0.15) is 0 Å². The van der Waals surface area contributed by atoms with E-state index in [1.54, 1.807) is 25.4 Å². The maximum Gasteiger partial charge on any atom is 0.326 e. The molecule has 0 bridgehead atoms. The molecule has 0 fully saturated rings. The van der Waals surface area contributed by atoms with Gasteiger partial charge in [0.2, 0.25) is 0 Å². The van der Waals surface area contributed by atoms with Crippen molar-refractivity contribution >= 4 is 33.6 Å². The molecule has 0 aliphatic heterocycles. The maximum absolute atomic E-state index is 14.1. The number of hydrogen-bond donors (Lipinski definition) is 2. The van der Waals surface area contributed by atoms with Crippen molar-refractivity contribution in [1.29, 1.82) is 0 Å². The Balaban J connectivity index is 1.54. The number of aromatic nitrogens is 1. The summed E-state index contributed by atoms with van der Waals surface area (Å²) in [7, 11) is 1.59. The summed E-state index contributed by atoms with van der Waals surface area (Å²) in [5.74, 6) is -3.98. The van der Waals surface area contributed by atoms with E-state index in [2.05, 4.69) is 10.3 Å². The van der Waals surface area contributed by atoms with Crippen LogP contribution in [0.3, 0.4) is 0 Å². The largest absolute Gasteiger partial charge is 0.496 e. The first-order valence-corrected chi connectivity index (χ1v) is 11.8. The summed E-state index contributed by atoms with van der Waals surface area (Å²) in [6.45, 7) is 0. The number of nitrogens with zero attached hydrogens (tertiary/aromatic N) is 1. The van der Waals surface area contributed by atoms with Crippen molar-refractivity contribution in [2.75, 3.05) is 7.11 Å². The Morgan fingerprint density at radius 2 is 1.63 bits per heavy atom. The molecule has 4 aromatic carbocycles.